The lowest BCUT2D eigenvalue weighted by atomic mass is 9.87. The van der Waals surface area contributed by atoms with Crippen LogP contribution < -0.4 is 0 Å². The van der Waals surface area contributed by atoms with Crippen LogP contribution in [0.5, 0.6) is 0 Å². The van der Waals surface area contributed by atoms with Crippen molar-refractivity contribution >= 4 is 27.7 Å². The summed E-state index contributed by atoms with van der Waals surface area (Å²) in [5.74, 6) is 1.24. The summed E-state index contributed by atoms with van der Waals surface area (Å²) in [7, 11) is 0. The topological polar surface area (TPSA) is 61.9 Å². The highest BCUT2D eigenvalue weighted by molar-refractivity contribution is 5.98. The first-order valence-electron chi connectivity index (χ1n) is 11.3. The van der Waals surface area contributed by atoms with Crippen LogP contribution in [0.1, 0.15) is 66.8 Å². The molecule has 1 aliphatic rings. The van der Waals surface area contributed by atoms with E-state index in [4.69, 9.17) is 4.98 Å². The number of likely N-dealkylation sites (tertiary alicyclic amines) is 1. The number of hydrogen-bond acceptors (Lipinski definition) is 4. The van der Waals surface area contributed by atoms with Gasteiger partial charge in [-0.1, -0.05) is 6.92 Å². The SMILES string of the molecule is CCC(=O)c1ccc2nc([C@@H](C)N3CCC(c4ccnc5ccc(F)cc45)CC3)[nH]c2c1. The van der Waals surface area contributed by atoms with Gasteiger partial charge in [-0.3, -0.25) is 14.7 Å². The lowest BCUT2D eigenvalue weighted by Gasteiger charge is -2.35. The second kappa shape index (κ2) is 8.43. The Morgan fingerprint density at radius 2 is 1.94 bits per heavy atom. The molecule has 1 atom stereocenters. The van der Waals surface area contributed by atoms with Gasteiger partial charge >= 0.3 is 0 Å². The number of ketones is 1. The number of aromatic amines is 1. The van der Waals surface area contributed by atoms with Gasteiger partial charge in [0.05, 0.1) is 22.6 Å². The third-order valence-corrected chi connectivity index (χ3v) is 6.79. The average Bonchev–Trinajstić information content (AvgIpc) is 3.26. The second-order valence-corrected chi connectivity index (χ2v) is 8.68. The molecule has 2 aromatic heterocycles. The van der Waals surface area contributed by atoms with E-state index < -0.39 is 0 Å². The van der Waals surface area contributed by atoms with E-state index in [0.717, 1.165) is 59.3 Å². The molecule has 0 bridgehead atoms. The van der Waals surface area contributed by atoms with Crippen LogP contribution in [0.15, 0.2) is 48.7 Å². The van der Waals surface area contributed by atoms with Crippen LogP contribution in [-0.4, -0.2) is 38.7 Å². The Morgan fingerprint density at radius 1 is 1.16 bits per heavy atom. The summed E-state index contributed by atoms with van der Waals surface area (Å²) in [6.07, 6.45) is 4.35. The van der Waals surface area contributed by atoms with Gasteiger partial charge in [-0.2, -0.15) is 0 Å². The number of hydrogen-bond donors (Lipinski definition) is 1. The predicted molar refractivity (Wildman–Crippen MR) is 124 cm³/mol. The number of rotatable bonds is 5. The Morgan fingerprint density at radius 3 is 2.72 bits per heavy atom. The zero-order chi connectivity index (χ0) is 22.2. The number of carbonyl (C=O) groups excluding carboxylic acids is 1. The maximum absolute atomic E-state index is 13.9. The largest absolute Gasteiger partial charge is 0.341 e. The van der Waals surface area contributed by atoms with Gasteiger partial charge in [0, 0.05) is 23.6 Å². The first-order valence-corrected chi connectivity index (χ1v) is 11.3. The zero-order valence-corrected chi connectivity index (χ0v) is 18.4. The molecule has 2 aromatic carbocycles. The molecule has 1 saturated heterocycles. The molecule has 0 saturated carbocycles. The number of carbonyl (C=O) groups is 1. The lowest BCUT2D eigenvalue weighted by molar-refractivity contribution is 0.0988. The molecule has 164 valence electrons. The molecular formula is C26H27FN4O. The highest BCUT2D eigenvalue weighted by atomic mass is 19.1. The van der Waals surface area contributed by atoms with Crippen LogP contribution in [0, 0.1) is 5.82 Å². The molecule has 3 heterocycles. The van der Waals surface area contributed by atoms with E-state index in [9.17, 15) is 9.18 Å². The molecule has 0 aliphatic carbocycles. The minimum atomic E-state index is -0.216. The summed E-state index contributed by atoms with van der Waals surface area (Å²) in [4.78, 5) is 27.1. The van der Waals surface area contributed by atoms with E-state index in [1.54, 1.807) is 12.1 Å². The van der Waals surface area contributed by atoms with Gasteiger partial charge in [0.2, 0.25) is 0 Å². The van der Waals surface area contributed by atoms with Gasteiger partial charge in [-0.05, 0) is 86.8 Å². The standard InChI is InChI=1S/C26H27FN4O/c1-3-25(32)18-4-6-23-24(14-18)30-26(29-23)16(2)31-12-9-17(10-13-31)20-8-11-28-22-7-5-19(27)15-21(20)22/h4-8,11,14-17H,3,9-10,12-13H2,1-2H3,(H,29,30)/t16-/m1/s1. The summed E-state index contributed by atoms with van der Waals surface area (Å²) < 4.78 is 13.9. The number of aromatic nitrogens is 3. The second-order valence-electron chi connectivity index (χ2n) is 8.68. The van der Waals surface area contributed by atoms with Gasteiger partial charge in [0.25, 0.3) is 0 Å². The number of pyridine rings is 1. The van der Waals surface area contributed by atoms with Crippen LogP contribution in [0.4, 0.5) is 4.39 Å². The van der Waals surface area contributed by atoms with Crippen LogP contribution in [0.2, 0.25) is 0 Å². The Kier molecular flexibility index (Phi) is 5.47. The number of imidazole rings is 1. The van der Waals surface area contributed by atoms with Crippen LogP contribution in [-0.2, 0) is 0 Å². The number of nitrogens with one attached hydrogen (secondary N) is 1. The molecule has 5 rings (SSSR count). The van der Waals surface area contributed by atoms with Crippen LogP contribution >= 0.6 is 0 Å². The smallest absolute Gasteiger partial charge is 0.162 e. The Balaban J connectivity index is 1.32. The molecule has 32 heavy (non-hydrogen) atoms. The summed E-state index contributed by atoms with van der Waals surface area (Å²) in [5.41, 5.74) is 4.57. The fraction of sp³-hybridized carbons (Fsp3) is 0.346. The number of benzene rings is 2. The van der Waals surface area contributed by atoms with Crippen LogP contribution in [0.3, 0.4) is 0 Å². The number of halogens is 1. The molecular weight excluding hydrogens is 403 g/mol. The third kappa shape index (κ3) is 3.79. The summed E-state index contributed by atoms with van der Waals surface area (Å²) in [6, 6.07) is 12.7. The van der Waals surface area contributed by atoms with Gasteiger partial charge < -0.3 is 4.98 Å². The van der Waals surface area contributed by atoms with E-state index in [0.29, 0.717) is 12.3 Å². The Hall–Kier alpha value is -3.12. The first kappa shape index (κ1) is 20.8. The summed E-state index contributed by atoms with van der Waals surface area (Å²) >= 11 is 0. The van der Waals surface area contributed by atoms with E-state index >= 15 is 0 Å². The fourth-order valence-electron chi connectivity index (χ4n) is 4.87. The van der Waals surface area contributed by atoms with Gasteiger partial charge in [-0.15, -0.1) is 0 Å². The number of fused-ring (bicyclic) bond motifs is 2. The molecule has 1 fully saturated rings. The monoisotopic (exact) mass is 430 g/mol. The summed E-state index contributed by atoms with van der Waals surface area (Å²) in [5, 5.41) is 0.925. The van der Waals surface area contributed by atoms with E-state index in [2.05, 4.69) is 21.8 Å². The van der Waals surface area contributed by atoms with Gasteiger partial charge in [0.1, 0.15) is 11.6 Å². The Bertz CT molecular complexity index is 1290. The molecule has 0 amide bonds. The van der Waals surface area contributed by atoms with Crippen molar-refractivity contribution in [2.75, 3.05) is 13.1 Å². The van der Waals surface area contributed by atoms with Crippen LogP contribution in [0.25, 0.3) is 21.9 Å². The van der Waals surface area contributed by atoms with E-state index in [-0.39, 0.29) is 17.6 Å². The van der Waals surface area contributed by atoms with E-state index in [1.165, 1.54) is 11.6 Å². The highest BCUT2D eigenvalue weighted by Crippen LogP contribution is 2.35. The number of Topliss-reactive ketones (excluding diaryl/α,β-unsaturated/α-hetero) is 1. The van der Waals surface area contributed by atoms with Crippen molar-refractivity contribution in [2.45, 2.75) is 45.1 Å². The molecule has 5 nitrogen and oxygen atoms in total. The van der Waals surface area contributed by atoms with E-state index in [1.807, 2.05) is 37.4 Å². The maximum Gasteiger partial charge on any atom is 0.162 e. The van der Waals surface area contributed by atoms with Crippen molar-refractivity contribution in [2.24, 2.45) is 0 Å². The Labute approximate surface area is 186 Å². The van der Waals surface area contributed by atoms with Gasteiger partial charge in [-0.25, -0.2) is 9.37 Å². The quantitative estimate of drug-likeness (QED) is 0.408. The third-order valence-electron chi connectivity index (χ3n) is 6.79. The maximum atomic E-state index is 13.9. The van der Waals surface area contributed by atoms with Crippen molar-refractivity contribution in [1.82, 2.24) is 19.9 Å². The first-order chi connectivity index (χ1) is 15.5. The van der Waals surface area contributed by atoms with Crippen molar-refractivity contribution in [1.29, 1.82) is 0 Å². The van der Waals surface area contributed by atoms with Crippen molar-refractivity contribution in [3.8, 4) is 0 Å². The highest BCUT2D eigenvalue weighted by Gasteiger charge is 2.27. The van der Waals surface area contributed by atoms with Gasteiger partial charge in [0.15, 0.2) is 5.78 Å². The number of H-pyrrole nitrogens is 1. The molecule has 1 aliphatic heterocycles. The van der Waals surface area contributed by atoms with Crippen molar-refractivity contribution in [3.05, 3.63) is 71.4 Å². The van der Waals surface area contributed by atoms with Crippen molar-refractivity contribution in [3.63, 3.8) is 0 Å². The molecule has 0 unspecified atom stereocenters. The molecule has 0 radical (unpaired) electrons. The average molecular weight is 431 g/mol. The minimum absolute atomic E-state index is 0.140. The minimum Gasteiger partial charge on any atom is -0.341 e. The number of nitrogens with zero attached hydrogens (tertiary/aromatic N) is 3. The normalized spacial score (nSPS) is 16.6. The van der Waals surface area contributed by atoms with Crippen molar-refractivity contribution < 1.29 is 9.18 Å². The molecule has 6 heteroatoms. The lowest BCUT2D eigenvalue weighted by Crippen LogP contribution is -2.35. The molecule has 4 aromatic rings. The fourth-order valence-corrected chi connectivity index (χ4v) is 4.87. The molecule has 1 N–H and O–H groups in total. The molecule has 0 spiro atoms. The predicted octanol–water partition coefficient (Wildman–Crippen LogP) is 5.78. The summed E-state index contributed by atoms with van der Waals surface area (Å²) in [6.45, 7) is 5.94. The number of piperidine rings is 1. The zero-order valence-electron chi connectivity index (χ0n) is 18.4.